The number of aliphatic hydroxyl groups is 1. The third kappa shape index (κ3) is 1.44. The molecular formula is C7H8ClNO2. The van der Waals surface area contributed by atoms with Gasteiger partial charge >= 0.3 is 0 Å². The van der Waals surface area contributed by atoms with Crippen LogP contribution in [-0.2, 0) is 6.61 Å². The van der Waals surface area contributed by atoms with E-state index < -0.39 is 0 Å². The van der Waals surface area contributed by atoms with Crippen molar-refractivity contribution in [1.82, 2.24) is 4.98 Å². The predicted molar refractivity (Wildman–Crippen MR) is 42.7 cm³/mol. The molecule has 1 aromatic heterocycles. The number of pyridine rings is 1. The minimum Gasteiger partial charge on any atom is -0.390 e. The van der Waals surface area contributed by atoms with Gasteiger partial charge < -0.3 is 10.1 Å². The van der Waals surface area contributed by atoms with E-state index in [0.29, 0.717) is 11.3 Å². The second-order valence-electron chi connectivity index (χ2n) is 2.25. The number of aryl methyl sites for hydroxylation is 1. The second kappa shape index (κ2) is 3.07. The summed E-state index contributed by atoms with van der Waals surface area (Å²) in [6.45, 7) is 1.42. The lowest BCUT2D eigenvalue weighted by Crippen LogP contribution is -2.09. The molecular weight excluding hydrogens is 166 g/mol. The van der Waals surface area contributed by atoms with E-state index in [0.717, 1.165) is 0 Å². The van der Waals surface area contributed by atoms with E-state index in [1.807, 2.05) is 0 Å². The van der Waals surface area contributed by atoms with Gasteiger partial charge in [0.05, 0.1) is 12.3 Å². The molecule has 1 rings (SSSR count). The SMILES string of the molecule is Cc1c[nH]c(CO)c(Cl)c1=O. The van der Waals surface area contributed by atoms with E-state index in [2.05, 4.69) is 4.98 Å². The van der Waals surface area contributed by atoms with Crippen molar-refractivity contribution in [3.8, 4) is 0 Å². The Balaban J connectivity index is 3.37. The molecule has 0 aliphatic carbocycles. The summed E-state index contributed by atoms with van der Waals surface area (Å²) in [6, 6.07) is 0. The van der Waals surface area contributed by atoms with Crippen LogP contribution >= 0.6 is 11.6 Å². The van der Waals surface area contributed by atoms with Gasteiger partial charge in [0.15, 0.2) is 0 Å². The number of aliphatic hydroxyl groups excluding tert-OH is 1. The van der Waals surface area contributed by atoms with Gasteiger partial charge in [-0.15, -0.1) is 0 Å². The van der Waals surface area contributed by atoms with Crippen LogP contribution in [0.3, 0.4) is 0 Å². The Hall–Kier alpha value is -0.800. The molecule has 1 aromatic rings. The first kappa shape index (κ1) is 8.30. The molecule has 11 heavy (non-hydrogen) atoms. The molecule has 2 N–H and O–H groups in total. The first-order valence-electron chi connectivity index (χ1n) is 3.14. The Morgan fingerprint density at radius 1 is 1.73 bits per heavy atom. The van der Waals surface area contributed by atoms with E-state index in [1.54, 1.807) is 6.92 Å². The zero-order valence-electron chi connectivity index (χ0n) is 6.02. The summed E-state index contributed by atoms with van der Waals surface area (Å²) in [4.78, 5) is 13.8. The smallest absolute Gasteiger partial charge is 0.203 e. The molecule has 4 heteroatoms. The number of halogens is 1. The Morgan fingerprint density at radius 3 is 2.91 bits per heavy atom. The van der Waals surface area contributed by atoms with Crippen LogP contribution in [0.4, 0.5) is 0 Å². The van der Waals surface area contributed by atoms with Crippen molar-refractivity contribution in [2.75, 3.05) is 0 Å². The van der Waals surface area contributed by atoms with Gasteiger partial charge in [0.1, 0.15) is 5.02 Å². The summed E-state index contributed by atoms with van der Waals surface area (Å²) in [5.74, 6) is 0. The van der Waals surface area contributed by atoms with Crippen molar-refractivity contribution < 1.29 is 5.11 Å². The van der Waals surface area contributed by atoms with Crippen LogP contribution < -0.4 is 5.43 Å². The van der Waals surface area contributed by atoms with Gasteiger partial charge in [0.25, 0.3) is 0 Å². The van der Waals surface area contributed by atoms with Gasteiger partial charge in [-0.05, 0) is 6.92 Å². The zero-order chi connectivity index (χ0) is 8.43. The van der Waals surface area contributed by atoms with Crippen LogP contribution in [0.1, 0.15) is 11.3 Å². The zero-order valence-corrected chi connectivity index (χ0v) is 6.77. The highest BCUT2D eigenvalue weighted by atomic mass is 35.5. The fourth-order valence-corrected chi connectivity index (χ4v) is 1.01. The summed E-state index contributed by atoms with van der Waals surface area (Å²) in [6.07, 6.45) is 1.53. The number of aromatic amines is 1. The summed E-state index contributed by atoms with van der Waals surface area (Å²) < 4.78 is 0. The van der Waals surface area contributed by atoms with Crippen molar-refractivity contribution in [2.24, 2.45) is 0 Å². The molecule has 0 amide bonds. The Morgan fingerprint density at radius 2 is 2.36 bits per heavy atom. The minimum absolute atomic E-state index is 0.0764. The lowest BCUT2D eigenvalue weighted by Gasteiger charge is -1.99. The molecule has 60 valence electrons. The lowest BCUT2D eigenvalue weighted by atomic mass is 10.2. The molecule has 0 saturated heterocycles. The molecule has 0 aromatic carbocycles. The van der Waals surface area contributed by atoms with Crippen LogP contribution in [0.5, 0.6) is 0 Å². The number of nitrogens with one attached hydrogen (secondary N) is 1. The molecule has 0 spiro atoms. The van der Waals surface area contributed by atoms with E-state index >= 15 is 0 Å². The van der Waals surface area contributed by atoms with Crippen molar-refractivity contribution >= 4 is 11.6 Å². The van der Waals surface area contributed by atoms with Crippen molar-refractivity contribution in [3.05, 3.63) is 32.7 Å². The molecule has 0 aliphatic heterocycles. The molecule has 0 unspecified atom stereocenters. The first-order chi connectivity index (χ1) is 5.16. The fourth-order valence-electron chi connectivity index (χ4n) is 0.749. The van der Waals surface area contributed by atoms with Gasteiger partial charge in [0, 0.05) is 11.8 Å². The summed E-state index contributed by atoms with van der Waals surface area (Å²) in [7, 11) is 0. The molecule has 0 saturated carbocycles. The summed E-state index contributed by atoms with van der Waals surface area (Å²) >= 11 is 5.59. The third-order valence-electron chi connectivity index (χ3n) is 1.44. The number of H-pyrrole nitrogens is 1. The quantitative estimate of drug-likeness (QED) is 0.661. The van der Waals surface area contributed by atoms with Crippen LogP contribution in [0.15, 0.2) is 11.0 Å². The Kier molecular flexibility index (Phi) is 2.31. The van der Waals surface area contributed by atoms with E-state index in [1.165, 1.54) is 6.20 Å². The first-order valence-corrected chi connectivity index (χ1v) is 3.52. The predicted octanol–water partition coefficient (Wildman–Crippen LogP) is 0.829. The van der Waals surface area contributed by atoms with Crippen LogP contribution in [0.2, 0.25) is 5.02 Å². The Labute approximate surface area is 68.6 Å². The molecule has 0 fully saturated rings. The second-order valence-corrected chi connectivity index (χ2v) is 2.63. The minimum atomic E-state index is -0.242. The monoisotopic (exact) mass is 173 g/mol. The molecule has 3 nitrogen and oxygen atoms in total. The topological polar surface area (TPSA) is 53.1 Å². The molecule has 0 atom stereocenters. The maximum atomic E-state index is 11.1. The Bertz CT molecular complexity index is 319. The van der Waals surface area contributed by atoms with Crippen molar-refractivity contribution in [2.45, 2.75) is 13.5 Å². The standard InChI is InChI=1S/C7H8ClNO2/c1-4-2-9-5(3-10)6(8)7(4)11/h2,10H,3H2,1H3,(H,9,11). The van der Waals surface area contributed by atoms with Gasteiger partial charge in [-0.3, -0.25) is 4.79 Å². The molecule has 1 heterocycles. The van der Waals surface area contributed by atoms with Gasteiger partial charge in [0.2, 0.25) is 5.43 Å². The molecule has 0 aliphatic rings. The van der Waals surface area contributed by atoms with Crippen molar-refractivity contribution in [1.29, 1.82) is 0 Å². The van der Waals surface area contributed by atoms with Crippen molar-refractivity contribution in [3.63, 3.8) is 0 Å². The van der Waals surface area contributed by atoms with Gasteiger partial charge in [-0.2, -0.15) is 0 Å². The maximum absolute atomic E-state index is 11.1. The van der Waals surface area contributed by atoms with E-state index in [9.17, 15) is 4.79 Å². The van der Waals surface area contributed by atoms with Crippen LogP contribution in [0.25, 0.3) is 0 Å². The van der Waals surface area contributed by atoms with E-state index in [4.69, 9.17) is 16.7 Å². The highest BCUT2D eigenvalue weighted by Gasteiger charge is 2.04. The maximum Gasteiger partial charge on any atom is 0.203 e. The number of rotatable bonds is 1. The lowest BCUT2D eigenvalue weighted by molar-refractivity contribution is 0.277. The van der Waals surface area contributed by atoms with Gasteiger partial charge in [-0.25, -0.2) is 0 Å². The summed E-state index contributed by atoms with van der Waals surface area (Å²) in [5, 5.41) is 8.76. The number of aromatic nitrogens is 1. The average Bonchev–Trinajstić information content (AvgIpc) is 2.01. The summed E-state index contributed by atoms with van der Waals surface area (Å²) in [5.41, 5.74) is 0.684. The highest BCUT2D eigenvalue weighted by molar-refractivity contribution is 6.31. The fraction of sp³-hybridized carbons (Fsp3) is 0.286. The van der Waals surface area contributed by atoms with Crippen LogP contribution in [0, 0.1) is 6.92 Å². The largest absolute Gasteiger partial charge is 0.390 e. The van der Waals surface area contributed by atoms with Gasteiger partial charge in [-0.1, -0.05) is 11.6 Å². The van der Waals surface area contributed by atoms with E-state index in [-0.39, 0.29) is 17.1 Å². The third-order valence-corrected chi connectivity index (χ3v) is 1.84. The molecule has 0 bridgehead atoms. The molecule has 0 radical (unpaired) electrons. The number of hydrogen-bond acceptors (Lipinski definition) is 2. The normalized spacial score (nSPS) is 10.1. The highest BCUT2D eigenvalue weighted by Crippen LogP contribution is 2.07. The average molecular weight is 174 g/mol. The van der Waals surface area contributed by atoms with Crippen LogP contribution in [-0.4, -0.2) is 10.1 Å². The number of hydrogen-bond donors (Lipinski definition) is 2.